The minimum absolute atomic E-state index is 0.00898. The van der Waals surface area contributed by atoms with Crippen LogP contribution in [0.25, 0.3) is 11.3 Å². The third-order valence-electron chi connectivity index (χ3n) is 7.33. The molecule has 0 saturated heterocycles. The first-order valence-corrected chi connectivity index (χ1v) is 16.2. The van der Waals surface area contributed by atoms with Gasteiger partial charge in [-0.25, -0.2) is 0 Å². The van der Waals surface area contributed by atoms with E-state index in [-0.39, 0.29) is 17.2 Å². The minimum atomic E-state index is -0.689. The molecule has 2 N–H and O–H groups in total. The van der Waals surface area contributed by atoms with Crippen molar-refractivity contribution in [3.63, 3.8) is 0 Å². The van der Waals surface area contributed by atoms with Crippen molar-refractivity contribution in [1.29, 1.82) is 5.26 Å². The summed E-state index contributed by atoms with van der Waals surface area (Å²) in [6.45, 7) is 4.55. The summed E-state index contributed by atoms with van der Waals surface area (Å²) in [5.74, 6) is -0.442. The van der Waals surface area contributed by atoms with Crippen LogP contribution in [0.5, 0.6) is 0 Å². The number of nitrogens with zero attached hydrogens (tertiary/aromatic N) is 6. The molecule has 0 saturated carbocycles. The van der Waals surface area contributed by atoms with Crippen molar-refractivity contribution in [2.45, 2.75) is 55.2 Å². The fourth-order valence-corrected chi connectivity index (χ4v) is 8.10. The molecule has 0 bridgehead atoms. The van der Waals surface area contributed by atoms with E-state index in [1.54, 1.807) is 33.5 Å². The molecule has 6 rings (SSSR count). The first-order valence-electron chi connectivity index (χ1n) is 13.8. The third kappa shape index (κ3) is 5.70. The zero-order valence-electron chi connectivity index (χ0n) is 23.4. The Labute approximate surface area is 267 Å². The summed E-state index contributed by atoms with van der Waals surface area (Å²) in [6, 6.07) is 17.4. The number of hydrogen-bond acceptors (Lipinski definition) is 9. The number of rotatable bonds is 7. The number of anilines is 1. The van der Waals surface area contributed by atoms with E-state index in [0.717, 1.165) is 26.7 Å². The number of aromatic nitrogens is 4. The van der Waals surface area contributed by atoms with Crippen molar-refractivity contribution in [2.75, 3.05) is 4.90 Å². The molecule has 1 aliphatic heterocycles. The number of allylic oxidation sites excluding steroid dienone is 3. The van der Waals surface area contributed by atoms with Crippen molar-refractivity contribution >= 4 is 57.2 Å². The van der Waals surface area contributed by atoms with Gasteiger partial charge in [0, 0.05) is 50.3 Å². The zero-order valence-corrected chi connectivity index (χ0v) is 26.6. The molecule has 8 nitrogen and oxygen atoms in total. The lowest BCUT2D eigenvalue weighted by molar-refractivity contribution is -0.116. The van der Waals surface area contributed by atoms with E-state index in [0.29, 0.717) is 57.5 Å². The highest BCUT2D eigenvalue weighted by Gasteiger charge is 2.43. The predicted molar refractivity (Wildman–Crippen MR) is 172 cm³/mol. The highest BCUT2D eigenvalue weighted by molar-refractivity contribution is 8.01. The zero-order chi connectivity index (χ0) is 30.2. The molecular formula is C31H27Cl2N7OS2. The van der Waals surface area contributed by atoms with E-state index in [2.05, 4.69) is 30.1 Å². The third-order valence-corrected chi connectivity index (χ3v) is 9.92. The van der Waals surface area contributed by atoms with Crippen LogP contribution in [0.3, 0.4) is 0 Å². The second-order valence-corrected chi connectivity index (χ2v) is 14.2. The maximum absolute atomic E-state index is 13.8. The molecule has 1 atom stereocenters. The Morgan fingerprint density at radius 2 is 1.95 bits per heavy atom. The van der Waals surface area contributed by atoms with E-state index >= 15 is 0 Å². The van der Waals surface area contributed by atoms with Crippen LogP contribution in [0.2, 0.25) is 10.0 Å². The van der Waals surface area contributed by atoms with Crippen LogP contribution in [0, 0.1) is 11.3 Å². The molecule has 12 heteroatoms. The van der Waals surface area contributed by atoms with Gasteiger partial charge in [0.2, 0.25) is 5.13 Å². The van der Waals surface area contributed by atoms with Crippen molar-refractivity contribution in [1.82, 2.24) is 20.0 Å². The average molecular weight is 649 g/mol. The number of halogens is 2. The van der Waals surface area contributed by atoms with E-state index in [9.17, 15) is 10.1 Å². The molecule has 2 aromatic heterocycles. The van der Waals surface area contributed by atoms with Crippen LogP contribution < -0.4 is 10.6 Å². The van der Waals surface area contributed by atoms with Gasteiger partial charge in [0.1, 0.15) is 5.82 Å². The molecule has 0 radical (unpaired) electrons. The van der Waals surface area contributed by atoms with Gasteiger partial charge in [-0.1, -0.05) is 96.5 Å². The minimum Gasteiger partial charge on any atom is -0.384 e. The summed E-state index contributed by atoms with van der Waals surface area (Å²) in [5, 5.41) is 26.3. The second kappa shape index (κ2) is 12.2. The lowest BCUT2D eigenvalue weighted by Crippen LogP contribution is -2.38. The fourth-order valence-electron chi connectivity index (χ4n) is 5.53. The molecular weight excluding hydrogens is 621 g/mol. The standard InChI is InChI=1S/C31H27Cl2N7OS2/c1-17(2)42-31-37-36-30(43-31)40-24-9-6-10-25(41)27(24)26(21(14-34)29(40)35)22-16-39(15-19-11-12-20(32)13-23(19)33)38-28(22)18-7-4-3-5-8-18/h3-5,7-8,11-13,16-17,26H,6,9-10,15,35H2,1-2H3. The van der Waals surface area contributed by atoms with Crippen LogP contribution in [0.15, 0.2) is 81.7 Å². The topological polar surface area (TPSA) is 114 Å². The second-order valence-electron chi connectivity index (χ2n) is 10.6. The number of ketones is 1. The smallest absolute Gasteiger partial charge is 0.219 e. The monoisotopic (exact) mass is 647 g/mol. The van der Waals surface area contributed by atoms with Gasteiger partial charge in [-0.15, -0.1) is 10.2 Å². The summed E-state index contributed by atoms with van der Waals surface area (Å²) in [5.41, 5.74) is 11.5. The number of nitrogens with two attached hydrogens (primary N) is 1. The number of hydrogen-bond donors (Lipinski definition) is 1. The van der Waals surface area contributed by atoms with E-state index < -0.39 is 5.92 Å². The quantitative estimate of drug-likeness (QED) is 0.204. The molecule has 2 aromatic carbocycles. The molecule has 3 heterocycles. The SMILES string of the molecule is CC(C)Sc1nnc(N2C(N)=C(C#N)C(c3cn(Cc4ccc(Cl)cc4Cl)nc3-c3ccccc3)C3=C2CCCC3=O)s1. The van der Waals surface area contributed by atoms with Crippen molar-refractivity contribution in [3.8, 4) is 17.3 Å². The summed E-state index contributed by atoms with van der Waals surface area (Å²) < 4.78 is 2.59. The van der Waals surface area contributed by atoms with Crippen molar-refractivity contribution in [3.05, 3.63) is 98.6 Å². The van der Waals surface area contributed by atoms with Crippen LogP contribution in [-0.2, 0) is 11.3 Å². The molecule has 2 aliphatic rings. The molecule has 4 aromatic rings. The Bertz CT molecular complexity index is 1820. The molecule has 0 fully saturated rings. The molecule has 1 unspecified atom stereocenters. The molecule has 0 amide bonds. The Morgan fingerprint density at radius 1 is 1.16 bits per heavy atom. The predicted octanol–water partition coefficient (Wildman–Crippen LogP) is 7.56. The van der Waals surface area contributed by atoms with E-state index in [1.165, 1.54) is 11.3 Å². The normalized spacial score (nSPS) is 17.1. The summed E-state index contributed by atoms with van der Waals surface area (Å²) in [6.07, 6.45) is 3.59. The Kier molecular flexibility index (Phi) is 8.34. The maximum atomic E-state index is 13.8. The molecule has 0 spiro atoms. The van der Waals surface area contributed by atoms with Crippen LogP contribution >= 0.6 is 46.3 Å². The van der Waals surface area contributed by atoms with Gasteiger partial charge in [0.15, 0.2) is 10.1 Å². The lowest BCUT2D eigenvalue weighted by atomic mass is 9.75. The van der Waals surface area contributed by atoms with Gasteiger partial charge >= 0.3 is 0 Å². The van der Waals surface area contributed by atoms with Gasteiger partial charge in [-0.05, 0) is 30.5 Å². The van der Waals surface area contributed by atoms with Crippen LogP contribution in [0.1, 0.15) is 50.2 Å². The number of benzene rings is 2. The fraction of sp³-hybridized carbons (Fsp3) is 0.258. The van der Waals surface area contributed by atoms with Gasteiger partial charge in [-0.2, -0.15) is 10.4 Å². The number of nitriles is 1. The Morgan fingerprint density at radius 3 is 2.67 bits per heavy atom. The molecule has 43 heavy (non-hydrogen) atoms. The summed E-state index contributed by atoms with van der Waals surface area (Å²) in [7, 11) is 0. The van der Waals surface area contributed by atoms with Gasteiger partial charge < -0.3 is 5.73 Å². The number of carbonyl (C=O) groups excluding carboxylic acids is 1. The van der Waals surface area contributed by atoms with Crippen LogP contribution in [0.4, 0.5) is 5.13 Å². The molecule has 218 valence electrons. The number of Topliss-reactive ketones (excluding diaryl/α,β-unsaturated/α-hetero) is 1. The molecule has 1 aliphatic carbocycles. The van der Waals surface area contributed by atoms with Crippen LogP contribution in [-0.4, -0.2) is 31.0 Å². The van der Waals surface area contributed by atoms with E-state index in [1.807, 2.05) is 42.6 Å². The summed E-state index contributed by atoms with van der Waals surface area (Å²) in [4.78, 5) is 15.5. The van der Waals surface area contributed by atoms with Crippen molar-refractivity contribution in [2.24, 2.45) is 5.73 Å². The first kappa shape index (κ1) is 29.5. The van der Waals surface area contributed by atoms with Gasteiger partial charge in [0.25, 0.3) is 0 Å². The number of carbonyl (C=O) groups is 1. The number of thioether (sulfide) groups is 1. The maximum Gasteiger partial charge on any atom is 0.219 e. The lowest BCUT2D eigenvalue weighted by Gasteiger charge is -2.37. The average Bonchev–Trinajstić information content (AvgIpc) is 3.61. The highest BCUT2D eigenvalue weighted by atomic mass is 35.5. The van der Waals surface area contributed by atoms with Gasteiger partial charge in [-0.3, -0.25) is 14.4 Å². The van der Waals surface area contributed by atoms with Gasteiger partial charge in [0.05, 0.1) is 29.8 Å². The Balaban J connectivity index is 1.52. The summed E-state index contributed by atoms with van der Waals surface area (Å²) >= 11 is 15.7. The largest absolute Gasteiger partial charge is 0.384 e. The highest BCUT2D eigenvalue weighted by Crippen LogP contribution is 2.49. The van der Waals surface area contributed by atoms with E-state index in [4.69, 9.17) is 34.0 Å². The van der Waals surface area contributed by atoms with Crippen molar-refractivity contribution < 1.29 is 4.79 Å². The Hall–Kier alpha value is -3.62. The first-order chi connectivity index (χ1) is 20.7.